The number of aliphatic hydroxyl groups excluding tert-OH is 1. The van der Waals surface area contributed by atoms with E-state index in [-0.39, 0.29) is 18.4 Å². The van der Waals surface area contributed by atoms with Crippen molar-refractivity contribution in [2.24, 2.45) is 5.92 Å². The van der Waals surface area contributed by atoms with E-state index >= 15 is 0 Å². The van der Waals surface area contributed by atoms with Crippen LogP contribution in [-0.2, 0) is 17.6 Å². The average Bonchev–Trinajstić information content (AvgIpc) is 2.87. The molecule has 1 amide bonds. The van der Waals surface area contributed by atoms with Crippen molar-refractivity contribution in [2.45, 2.75) is 26.2 Å². The number of amides is 1. The molecule has 0 aliphatic carbocycles. The van der Waals surface area contributed by atoms with E-state index in [1.165, 1.54) is 11.1 Å². The third-order valence-corrected chi connectivity index (χ3v) is 3.55. The van der Waals surface area contributed by atoms with Crippen molar-refractivity contribution in [1.82, 2.24) is 5.32 Å². The predicted octanol–water partition coefficient (Wildman–Crippen LogP) is 1.30. The molecule has 0 saturated carbocycles. The fourth-order valence-electron chi connectivity index (χ4n) is 2.27. The molecular formula is C15H21NO3. The second-order valence-corrected chi connectivity index (χ2v) is 4.87. The highest BCUT2D eigenvalue weighted by atomic mass is 16.5. The molecule has 4 heteroatoms. The molecule has 104 valence electrons. The summed E-state index contributed by atoms with van der Waals surface area (Å²) in [6, 6.07) is 6.19. The molecule has 19 heavy (non-hydrogen) atoms. The summed E-state index contributed by atoms with van der Waals surface area (Å²) >= 11 is 0. The maximum absolute atomic E-state index is 11.7. The number of nitrogens with one attached hydrogen (secondary N) is 1. The van der Waals surface area contributed by atoms with Crippen LogP contribution >= 0.6 is 0 Å². The van der Waals surface area contributed by atoms with E-state index in [2.05, 4.69) is 11.4 Å². The molecule has 2 rings (SSSR count). The number of ether oxygens (including phenoxy) is 1. The first kappa shape index (κ1) is 13.9. The fraction of sp³-hybridized carbons (Fsp3) is 0.533. The van der Waals surface area contributed by atoms with Crippen LogP contribution in [-0.4, -0.2) is 30.8 Å². The van der Waals surface area contributed by atoms with Crippen molar-refractivity contribution in [1.29, 1.82) is 0 Å². The average molecular weight is 263 g/mol. The smallest absolute Gasteiger partial charge is 0.225 e. The number of hydrogen-bond acceptors (Lipinski definition) is 3. The number of aliphatic hydroxyl groups is 1. The maximum atomic E-state index is 11.7. The topological polar surface area (TPSA) is 58.6 Å². The molecule has 2 N–H and O–H groups in total. The van der Waals surface area contributed by atoms with Crippen LogP contribution in [0.3, 0.4) is 0 Å². The molecule has 1 heterocycles. The third-order valence-electron chi connectivity index (χ3n) is 3.55. The lowest BCUT2D eigenvalue weighted by molar-refractivity contribution is -0.126. The van der Waals surface area contributed by atoms with E-state index in [0.717, 1.165) is 25.2 Å². The Morgan fingerprint density at radius 1 is 1.53 bits per heavy atom. The molecule has 1 atom stereocenters. The molecule has 0 aromatic heterocycles. The van der Waals surface area contributed by atoms with Crippen LogP contribution in [0, 0.1) is 5.92 Å². The normalized spacial score (nSPS) is 14.6. The van der Waals surface area contributed by atoms with Crippen LogP contribution < -0.4 is 10.1 Å². The second-order valence-electron chi connectivity index (χ2n) is 4.87. The van der Waals surface area contributed by atoms with Gasteiger partial charge in [-0.1, -0.05) is 19.1 Å². The zero-order valence-electron chi connectivity index (χ0n) is 11.3. The summed E-state index contributed by atoms with van der Waals surface area (Å²) in [5.74, 6) is 0.641. The molecule has 0 bridgehead atoms. The Bertz CT molecular complexity index is 441. The van der Waals surface area contributed by atoms with E-state index < -0.39 is 0 Å². The minimum Gasteiger partial charge on any atom is -0.493 e. The van der Waals surface area contributed by atoms with Gasteiger partial charge in [0.05, 0.1) is 19.1 Å². The van der Waals surface area contributed by atoms with E-state index in [1.54, 1.807) is 0 Å². The maximum Gasteiger partial charge on any atom is 0.225 e. The van der Waals surface area contributed by atoms with Crippen molar-refractivity contribution in [2.75, 3.05) is 19.8 Å². The molecule has 1 aliphatic rings. The molecule has 0 spiro atoms. The molecular weight excluding hydrogens is 242 g/mol. The quantitative estimate of drug-likeness (QED) is 0.813. The first-order chi connectivity index (χ1) is 9.24. The highest BCUT2D eigenvalue weighted by Crippen LogP contribution is 2.25. The molecule has 4 nitrogen and oxygen atoms in total. The minimum atomic E-state index is -0.284. The van der Waals surface area contributed by atoms with Crippen LogP contribution in [0.5, 0.6) is 5.75 Å². The lowest BCUT2D eigenvalue weighted by atomic mass is 10.1. The largest absolute Gasteiger partial charge is 0.493 e. The molecule has 1 unspecified atom stereocenters. The van der Waals surface area contributed by atoms with Crippen molar-refractivity contribution < 1.29 is 14.6 Å². The van der Waals surface area contributed by atoms with Crippen molar-refractivity contribution >= 4 is 5.91 Å². The van der Waals surface area contributed by atoms with Crippen LogP contribution in [0.2, 0.25) is 0 Å². The van der Waals surface area contributed by atoms with Gasteiger partial charge in [0.2, 0.25) is 5.91 Å². The Kier molecular flexibility index (Phi) is 4.80. The minimum absolute atomic E-state index is 0.0607. The molecule has 1 aromatic carbocycles. The first-order valence-corrected chi connectivity index (χ1v) is 6.87. The number of rotatable bonds is 6. The number of carbonyl (C=O) groups is 1. The summed E-state index contributed by atoms with van der Waals surface area (Å²) in [5, 5.41) is 11.9. The lowest BCUT2D eigenvalue weighted by Crippen LogP contribution is -2.33. The van der Waals surface area contributed by atoms with Crippen molar-refractivity contribution in [3.63, 3.8) is 0 Å². The standard InChI is InChI=1S/C15H21NO3/c1-2-12(10-17)15(18)16-7-5-11-3-4-14-13(9-11)6-8-19-14/h3-4,9,12,17H,2,5-8,10H2,1H3,(H,16,18). The highest BCUT2D eigenvalue weighted by molar-refractivity contribution is 5.78. The summed E-state index contributed by atoms with van der Waals surface area (Å²) in [6.07, 6.45) is 2.44. The zero-order valence-corrected chi connectivity index (χ0v) is 11.3. The number of fused-ring (bicyclic) bond motifs is 1. The Hall–Kier alpha value is -1.55. The molecule has 0 radical (unpaired) electrons. The fourth-order valence-corrected chi connectivity index (χ4v) is 2.27. The summed E-state index contributed by atoms with van der Waals surface area (Å²) < 4.78 is 5.46. The van der Waals surface area contributed by atoms with Gasteiger partial charge in [0.1, 0.15) is 5.75 Å². The highest BCUT2D eigenvalue weighted by Gasteiger charge is 2.15. The van der Waals surface area contributed by atoms with Gasteiger partial charge in [-0.2, -0.15) is 0 Å². The molecule has 0 fully saturated rings. The van der Waals surface area contributed by atoms with Crippen LogP contribution in [0.4, 0.5) is 0 Å². The lowest BCUT2D eigenvalue weighted by Gasteiger charge is -2.12. The number of benzene rings is 1. The Labute approximate surface area is 113 Å². The van der Waals surface area contributed by atoms with E-state index in [4.69, 9.17) is 9.84 Å². The van der Waals surface area contributed by atoms with Gasteiger partial charge >= 0.3 is 0 Å². The second kappa shape index (κ2) is 6.57. The Morgan fingerprint density at radius 3 is 3.11 bits per heavy atom. The third kappa shape index (κ3) is 3.47. The summed E-state index contributed by atoms with van der Waals surface area (Å²) in [6.45, 7) is 3.19. The molecule has 1 aliphatic heterocycles. The van der Waals surface area contributed by atoms with E-state index in [1.807, 2.05) is 19.1 Å². The zero-order chi connectivity index (χ0) is 13.7. The van der Waals surface area contributed by atoms with Crippen molar-refractivity contribution in [3.05, 3.63) is 29.3 Å². The van der Waals surface area contributed by atoms with Gasteiger partial charge in [0.15, 0.2) is 0 Å². The predicted molar refractivity (Wildman–Crippen MR) is 73.2 cm³/mol. The van der Waals surface area contributed by atoms with Gasteiger partial charge in [0, 0.05) is 13.0 Å². The van der Waals surface area contributed by atoms with Gasteiger partial charge in [-0.15, -0.1) is 0 Å². The van der Waals surface area contributed by atoms with Gasteiger partial charge in [-0.25, -0.2) is 0 Å². The van der Waals surface area contributed by atoms with Gasteiger partial charge in [0.25, 0.3) is 0 Å². The Morgan fingerprint density at radius 2 is 2.37 bits per heavy atom. The summed E-state index contributed by atoms with van der Waals surface area (Å²) in [7, 11) is 0. The SMILES string of the molecule is CCC(CO)C(=O)NCCc1ccc2c(c1)CCO2. The first-order valence-electron chi connectivity index (χ1n) is 6.87. The Balaban J connectivity index is 1.81. The van der Waals surface area contributed by atoms with Gasteiger partial charge in [-0.05, 0) is 30.0 Å². The number of hydrogen-bond donors (Lipinski definition) is 2. The van der Waals surface area contributed by atoms with Crippen LogP contribution in [0.1, 0.15) is 24.5 Å². The number of carbonyl (C=O) groups excluding carboxylic acids is 1. The molecule has 0 saturated heterocycles. The van der Waals surface area contributed by atoms with E-state index in [0.29, 0.717) is 13.0 Å². The monoisotopic (exact) mass is 263 g/mol. The van der Waals surface area contributed by atoms with Crippen molar-refractivity contribution in [3.8, 4) is 5.75 Å². The summed E-state index contributed by atoms with van der Waals surface area (Å²) in [4.78, 5) is 11.7. The van der Waals surface area contributed by atoms with Gasteiger partial charge in [-0.3, -0.25) is 4.79 Å². The van der Waals surface area contributed by atoms with Gasteiger partial charge < -0.3 is 15.2 Å². The molecule has 1 aromatic rings. The van der Waals surface area contributed by atoms with Crippen LogP contribution in [0.25, 0.3) is 0 Å². The van der Waals surface area contributed by atoms with Crippen LogP contribution in [0.15, 0.2) is 18.2 Å². The summed E-state index contributed by atoms with van der Waals surface area (Å²) in [5.41, 5.74) is 2.47. The van der Waals surface area contributed by atoms with E-state index in [9.17, 15) is 4.79 Å².